The Morgan fingerprint density at radius 2 is 1.95 bits per heavy atom. The van der Waals surface area contributed by atoms with Gasteiger partial charge in [0.05, 0.1) is 12.0 Å². The van der Waals surface area contributed by atoms with Crippen molar-refractivity contribution in [3.63, 3.8) is 0 Å². The lowest BCUT2D eigenvalue weighted by molar-refractivity contribution is 0.408. The van der Waals surface area contributed by atoms with Crippen LogP contribution in [0.4, 0.5) is 4.39 Å². The lowest BCUT2D eigenvalue weighted by Crippen LogP contribution is -2.25. The number of rotatable bonds is 5. The number of nitrogens with one attached hydrogen (secondary N) is 2. The number of aromatic amines is 1. The molecule has 0 saturated heterocycles. The lowest BCUT2D eigenvalue weighted by Gasteiger charge is -2.22. The zero-order valence-corrected chi connectivity index (χ0v) is 11.6. The summed E-state index contributed by atoms with van der Waals surface area (Å²) in [6.45, 7) is 7.01. The van der Waals surface area contributed by atoms with Crippen LogP contribution in [0.25, 0.3) is 0 Å². The average molecular weight is 261 g/mol. The number of aryl methyl sites for hydroxylation is 1. The van der Waals surface area contributed by atoms with Crippen LogP contribution in [0, 0.1) is 18.7 Å². The molecule has 1 aromatic carbocycles. The monoisotopic (exact) mass is 261 g/mol. The summed E-state index contributed by atoms with van der Waals surface area (Å²) in [5, 5.41) is 3.49. The highest BCUT2D eigenvalue weighted by Crippen LogP contribution is 2.22. The SMILES string of the molecule is Cc1[nH]cnc1CNC(c1ccc(F)cc1)C(C)C. The quantitative estimate of drug-likeness (QED) is 0.866. The molecule has 1 heterocycles. The molecule has 4 heteroatoms. The van der Waals surface area contributed by atoms with E-state index in [0.717, 1.165) is 17.0 Å². The van der Waals surface area contributed by atoms with Crippen molar-refractivity contribution in [2.24, 2.45) is 5.92 Å². The number of imidazole rings is 1. The van der Waals surface area contributed by atoms with Gasteiger partial charge in [0.1, 0.15) is 5.82 Å². The van der Waals surface area contributed by atoms with E-state index in [2.05, 4.69) is 29.1 Å². The van der Waals surface area contributed by atoms with Crippen molar-refractivity contribution in [1.29, 1.82) is 0 Å². The molecule has 3 nitrogen and oxygen atoms in total. The molecule has 2 N–H and O–H groups in total. The van der Waals surface area contributed by atoms with Gasteiger partial charge in [-0.3, -0.25) is 0 Å². The van der Waals surface area contributed by atoms with E-state index in [4.69, 9.17) is 0 Å². The highest BCUT2D eigenvalue weighted by atomic mass is 19.1. The van der Waals surface area contributed by atoms with E-state index in [-0.39, 0.29) is 11.9 Å². The molecule has 0 radical (unpaired) electrons. The highest BCUT2D eigenvalue weighted by molar-refractivity contribution is 5.21. The highest BCUT2D eigenvalue weighted by Gasteiger charge is 2.16. The van der Waals surface area contributed by atoms with Gasteiger partial charge in [0.25, 0.3) is 0 Å². The Labute approximate surface area is 113 Å². The molecule has 1 unspecified atom stereocenters. The van der Waals surface area contributed by atoms with Gasteiger partial charge in [0.15, 0.2) is 0 Å². The van der Waals surface area contributed by atoms with E-state index >= 15 is 0 Å². The average Bonchev–Trinajstić information content (AvgIpc) is 2.77. The van der Waals surface area contributed by atoms with Gasteiger partial charge in [-0.25, -0.2) is 9.37 Å². The molecular weight excluding hydrogens is 241 g/mol. The fourth-order valence-electron chi connectivity index (χ4n) is 2.18. The third-order valence-electron chi connectivity index (χ3n) is 3.32. The minimum atomic E-state index is -0.200. The van der Waals surface area contributed by atoms with Crippen LogP contribution in [0.2, 0.25) is 0 Å². The Morgan fingerprint density at radius 1 is 1.26 bits per heavy atom. The molecule has 0 aliphatic rings. The van der Waals surface area contributed by atoms with E-state index < -0.39 is 0 Å². The fraction of sp³-hybridized carbons (Fsp3) is 0.400. The zero-order chi connectivity index (χ0) is 13.8. The first-order chi connectivity index (χ1) is 9.08. The first-order valence-corrected chi connectivity index (χ1v) is 6.55. The Morgan fingerprint density at radius 3 is 2.47 bits per heavy atom. The van der Waals surface area contributed by atoms with E-state index in [9.17, 15) is 4.39 Å². The smallest absolute Gasteiger partial charge is 0.123 e. The van der Waals surface area contributed by atoms with Gasteiger partial charge in [-0.15, -0.1) is 0 Å². The summed E-state index contributed by atoms with van der Waals surface area (Å²) in [6, 6.07) is 6.88. The van der Waals surface area contributed by atoms with Crippen LogP contribution in [-0.2, 0) is 6.54 Å². The molecule has 0 spiro atoms. The normalized spacial score (nSPS) is 12.9. The van der Waals surface area contributed by atoms with Crippen LogP contribution in [0.5, 0.6) is 0 Å². The molecule has 0 bridgehead atoms. The number of H-pyrrole nitrogens is 1. The van der Waals surface area contributed by atoms with Crippen LogP contribution in [0.15, 0.2) is 30.6 Å². The minimum absolute atomic E-state index is 0.191. The maximum atomic E-state index is 13.0. The van der Waals surface area contributed by atoms with E-state index in [1.54, 1.807) is 6.33 Å². The van der Waals surface area contributed by atoms with Crippen molar-refractivity contribution in [3.8, 4) is 0 Å². The van der Waals surface area contributed by atoms with Gasteiger partial charge >= 0.3 is 0 Å². The Kier molecular flexibility index (Phi) is 4.32. The van der Waals surface area contributed by atoms with Crippen LogP contribution in [0.1, 0.15) is 36.8 Å². The predicted molar refractivity (Wildman–Crippen MR) is 74.1 cm³/mol. The molecule has 0 saturated carbocycles. The summed E-state index contributed by atoms with van der Waals surface area (Å²) in [4.78, 5) is 7.34. The Bertz CT molecular complexity index is 516. The van der Waals surface area contributed by atoms with Gasteiger partial charge in [0, 0.05) is 18.3 Å². The Hall–Kier alpha value is -1.68. The van der Waals surface area contributed by atoms with Crippen LogP contribution in [0.3, 0.4) is 0 Å². The van der Waals surface area contributed by atoms with Gasteiger partial charge in [-0.05, 0) is 30.5 Å². The molecule has 0 amide bonds. The van der Waals surface area contributed by atoms with E-state index in [1.165, 1.54) is 12.1 Å². The van der Waals surface area contributed by atoms with E-state index in [0.29, 0.717) is 12.5 Å². The van der Waals surface area contributed by atoms with Gasteiger partial charge in [-0.1, -0.05) is 26.0 Å². The summed E-state index contributed by atoms with van der Waals surface area (Å²) < 4.78 is 13.0. The van der Waals surface area contributed by atoms with Gasteiger partial charge in [-0.2, -0.15) is 0 Å². The summed E-state index contributed by atoms with van der Waals surface area (Å²) in [5.74, 6) is 0.221. The standard InChI is InChI=1S/C15H20FN3/c1-10(2)15(12-4-6-13(16)7-5-12)17-8-14-11(3)18-9-19-14/h4-7,9-10,15,17H,8H2,1-3H3,(H,18,19). The maximum absolute atomic E-state index is 13.0. The predicted octanol–water partition coefficient (Wildman–Crippen LogP) is 3.34. The van der Waals surface area contributed by atoms with Crippen LogP contribution < -0.4 is 5.32 Å². The van der Waals surface area contributed by atoms with Crippen LogP contribution in [-0.4, -0.2) is 9.97 Å². The zero-order valence-electron chi connectivity index (χ0n) is 11.6. The molecule has 102 valence electrons. The van der Waals surface area contributed by atoms with Crippen LogP contribution >= 0.6 is 0 Å². The minimum Gasteiger partial charge on any atom is -0.348 e. The molecule has 0 fully saturated rings. The molecule has 0 aliphatic carbocycles. The van der Waals surface area contributed by atoms with Gasteiger partial charge in [0.2, 0.25) is 0 Å². The van der Waals surface area contributed by atoms with E-state index in [1.807, 2.05) is 19.1 Å². The van der Waals surface area contributed by atoms with Crippen molar-refractivity contribution in [2.45, 2.75) is 33.4 Å². The Balaban J connectivity index is 2.08. The summed E-state index contributed by atoms with van der Waals surface area (Å²) in [5.41, 5.74) is 3.20. The third-order valence-corrected chi connectivity index (χ3v) is 3.32. The third kappa shape index (κ3) is 3.41. The number of hydrogen-bond donors (Lipinski definition) is 2. The number of nitrogens with zero attached hydrogens (tertiary/aromatic N) is 1. The first kappa shape index (κ1) is 13.7. The number of benzene rings is 1. The maximum Gasteiger partial charge on any atom is 0.123 e. The molecular formula is C15H20FN3. The first-order valence-electron chi connectivity index (χ1n) is 6.55. The lowest BCUT2D eigenvalue weighted by atomic mass is 9.96. The van der Waals surface area contributed by atoms with Crippen molar-refractivity contribution < 1.29 is 4.39 Å². The van der Waals surface area contributed by atoms with Crippen molar-refractivity contribution in [1.82, 2.24) is 15.3 Å². The molecule has 0 aliphatic heterocycles. The second-order valence-corrected chi connectivity index (χ2v) is 5.13. The molecule has 19 heavy (non-hydrogen) atoms. The molecule has 2 rings (SSSR count). The molecule has 2 aromatic rings. The molecule has 1 aromatic heterocycles. The number of aromatic nitrogens is 2. The second-order valence-electron chi connectivity index (χ2n) is 5.13. The summed E-state index contributed by atoms with van der Waals surface area (Å²) >= 11 is 0. The van der Waals surface area contributed by atoms with Crippen molar-refractivity contribution in [3.05, 3.63) is 53.4 Å². The molecule has 1 atom stereocenters. The fourth-order valence-corrected chi connectivity index (χ4v) is 2.18. The topological polar surface area (TPSA) is 40.7 Å². The van der Waals surface area contributed by atoms with Crippen molar-refractivity contribution in [2.75, 3.05) is 0 Å². The number of halogens is 1. The number of hydrogen-bond acceptors (Lipinski definition) is 2. The summed E-state index contributed by atoms with van der Waals surface area (Å²) in [6.07, 6.45) is 1.70. The summed E-state index contributed by atoms with van der Waals surface area (Å²) in [7, 11) is 0. The van der Waals surface area contributed by atoms with Gasteiger partial charge < -0.3 is 10.3 Å². The largest absolute Gasteiger partial charge is 0.348 e. The van der Waals surface area contributed by atoms with Crippen molar-refractivity contribution >= 4 is 0 Å². The second kappa shape index (κ2) is 5.97.